The van der Waals surface area contributed by atoms with Gasteiger partial charge in [-0.1, -0.05) is 29.4 Å². The van der Waals surface area contributed by atoms with Gasteiger partial charge in [0, 0.05) is 11.8 Å². The number of nitrogens with zero attached hydrogens (tertiary/aromatic N) is 1. The van der Waals surface area contributed by atoms with Gasteiger partial charge in [-0.2, -0.15) is 0 Å². The first kappa shape index (κ1) is 16.1. The predicted octanol–water partition coefficient (Wildman–Crippen LogP) is 5.15. The van der Waals surface area contributed by atoms with Crippen LogP contribution in [0.2, 0.25) is 0 Å². The summed E-state index contributed by atoms with van der Waals surface area (Å²) in [7, 11) is 0. The summed E-state index contributed by atoms with van der Waals surface area (Å²) in [4.78, 5) is 7.27. The second-order valence-electron chi connectivity index (χ2n) is 5.63. The van der Waals surface area contributed by atoms with Crippen LogP contribution >= 0.6 is 0 Å². The minimum atomic E-state index is 0.585. The van der Waals surface area contributed by atoms with E-state index in [9.17, 15) is 0 Å². The Bertz CT molecular complexity index is 635. The van der Waals surface area contributed by atoms with E-state index in [1.54, 1.807) is 6.33 Å². The van der Waals surface area contributed by atoms with Crippen molar-refractivity contribution in [3.05, 3.63) is 60.1 Å². The Hall–Kier alpha value is -2.29. The number of rotatable bonds is 7. The van der Waals surface area contributed by atoms with Gasteiger partial charge in [0.05, 0.1) is 12.0 Å². The number of hydrogen-bond donors (Lipinski definition) is 1. The second-order valence-corrected chi connectivity index (χ2v) is 5.63. The van der Waals surface area contributed by atoms with Gasteiger partial charge in [0.1, 0.15) is 12.4 Å². The molecule has 0 aliphatic carbocycles. The first-order valence-corrected chi connectivity index (χ1v) is 7.67. The predicted molar refractivity (Wildman–Crippen MR) is 91.9 cm³/mol. The molecular weight excluding hydrogens is 272 g/mol. The lowest BCUT2D eigenvalue weighted by molar-refractivity contribution is 0.363. The summed E-state index contributed by atoms with van der Waals surface area (Å²) < 4.78 is 5.91. The molecule has 0 saturated heterocycles. The average Bonchev–Trinajstić information content (AvgIpc) is 3.01. The van der Waals surface area contributed by atoms with E-state index in [1.165, 1.54) is 11.1 Å². The monoisotopic (exact) mass is 296 g/mol. The molecule has 0 radical (unpaired) electrons. The van der Waals surface area contributed by atoms with Gasteiger partial charge in [-0.25, -0.2) is 4.98 Å². The van der Waals surface area contributed by atoms with Crippen LogP contribution in [0.3, 0.4) is 0 Å². The molecule has 0 spiro atoms. The van der Waals surface area contributed by atoms with Gasteiger partial charge in [0.15, 0.2) is 0 Å². The number of aromatic amines is 1. The van der Waals surface area contributed by atoms with Crippen LogP contribution in [0.5, 0.6) is 5.75 Å². The molecule has 0 unspecified atom stereocenters. The fourth-order valence-corrected chi connectivity index (χ4v) is 2.18. The van der Waals surface area contributed by atoms with Crippen molar-refractivity contribution in [3.8, 4) is 17.0 Å². The fraction of sp³-hybridized carbons (Fsp3) is 0.316. The van der Waals surface area contributed by atoms with E-state index in [-0.39, 0.29) is 0 Å². The first-order chi connectivity index (χ1) is 10.7. The standard InChI is InChI=1S/C19H24N2O/c1-15(2)7-6-8-16(3)11-12-22-19-10-5-4-9-17(19)18-13-20-14-21-18/h4-5,7,9-11,13-14H,6,8,12H2,1-3H3,(H,20,21)/b16-11+. The minimum Gasteiger partial charge on any atom is -0.489 e. The molecule has 1 aromatic carbocycles. The maximum absolute atomic E-state index is 5.91. The lowest BCUT2D eigenvalue weighted by Crippen LogP contribution is -1.96. The van der Waals surface area contributed by atoms with Gasteiger partial charge in [-0.15, -0.1) is 0 Å². The normalized spacial score (nSPS) is 11.3. The zero-order valence-electron chi connectivity index (χ0n) is 13.6. The quantitative estimate of drug-likeness (QED) is 0.718. The lowest BCUT2D eigenvalue weighted by Gasteiger charge is -2.08. The second kappa shape index (κ2) is 8.23. The van der Waals surface area contributed by atoms with Crippen LogP contribution in [0.25, 0.3) is 11.3 Å². The first-order valence-electron chi connectivity index (χ1n) is 7.67. The number of ether oxygens (including phenoxy) is 1. The van der Waals surface area contributed by atoms with Crippen molar-refractivity contribution in [2.75, 3.05) is 6.61 Å². The number of H-pyrrole nitrogens is 1. The zero-order chi connectivity index (χ0) is 15.8. The highest BCUT2D eigenvalue weighted by molar-refractivity contribution is 5.66. The van der Waals surface area contributed by atoms with E-state index in [4.69, 9.17) is 4.74 Å². The van der Waals surface area contributed by atoms with Crippen molar-refractivity contribution >= 4 is 0 Å². The summed E-state index contributed by atoms with van der Waals surface area (Å²) in [6.45, 7) is 7.01. The van der Waals surface area contributed by atoms with Crippen LogP contribution in [0, 0.1) is 0 Å². The molecule has 22 heavy (non-hydrogen) atoms. The third kappa shape index (κ3) is 4.92. The van der Waals surface area contributed by atoms with Crippen molar-refractivity contribution < 1.29 is 4.74 Å². The maximum atomic E-state index is 5.91. The summed E-state index contributed by atoms with van der Waals surface area (Å²) in [6.07, 6.45) is 10.2. The van der Waals surface area contributed by atoms with Crippen LogP contribution in [0.4, 0.5) is 0 Å². The van der Waals surface area contributed by atoms with E-state index in [2.05, 4.69) is 42.9 Å². The third-order valence-electron chi connectivity index (χ3n) is 3.42. The Balaban J connectivity index is 1.93. The van der Waals surface area contributed by atoms with Crippen LogP contribution in [-0.2, 0) is 0 Å². The van der Waals surface area contributed by atoms with Gasteiger partial charge >= 0.3 is 0 Å². The van der Waals surface area contributed by atoms with Gasteiger partial charge in [-0.3, -0.25) is 0 Å². The lowest BCUT2D eigenvalue weighted by atomic mass is 10.1. The number of benzene rings is 1. The molecule has 2 rings (SSSR count). The molecule has 0 saturated carbocycles. The van der Waals surface area contributed by atoms with Gasteiger partial charge in [-0.05, 0) is 51.8 Å². The zero-order valence-corrected chi connectivity index (χ0v) is 13.6. The topological polar surface area (TPSA) is 37.9 Å². The number of imidazole rings is 1. The number of nitrogens with one attached hydrogen (secondary N) is 1. The Morgan fingerprint density at radius 1 is 1.18 bits per heavy atom. The highest BCUT2D eigenvalue weighted by Crippen LogP contribution is 2.27. The molecule has 116 valence electrons. The van der Waals surface area contributed by atoms with E-state index in [0.717, 1.165) is 29.8 Å². The molecule has 0 aliphatic heterocycles. The van der Waals surface area contributed by atoms with E-state index >= 15 is 0 Å². The molecule has 1 heterocycles. The van der Waals surface area contributed by atoms with Gasteiger partial charge in [0.25, 0.3) is 0 Å². The molecule has 0 fully saturated rings. The van der Waals surface area contributed by atoms with Gasteiger partial charge < -0.3 is 9.72 Å². The SMILES string of the molecule is CC(C)=CCC/C(C)=C/COc1ccccc1-c1c[nH]cn1. The Morgan fingerprint density at radius 2 is 2.00 bits per heavy atom. The van der Waals surface area contributed by atoms with E-state index in [0.29, 0.717) is 6.61 Å². The third-order valence-corrected chi connectivity index (χ3v) is 3.42. The molecule has 1 N–H and O–H groups in total. The van der Waals surface area contributed by atoms with Crippen molar-refractivity contribution in [1.82, 2.24) is 9.97 Å². The highest BCUT2D eigenvalue weighted by atomic mass is 16.5. The summed E-state index contributed by atoms with van der Waals surface area (Å²) >= 11 is 0. The summed E-state index contributed by atoms with van der Waals surface area (Å²) in [5.41, 5.74) is 4.64. The number of para-hydroxylation sites is 1. The van der Waals surface area contributed by atoms with Crippen molar-refractivity contribution in [3.63, 3.8) is 0 Å². The number of allylic oxidation sites excluding steroid dienone is 3. The maximum Gasteiger partial charge on any atom is 0.129 e. The fourth-order valence-electron chi connectivity index (χ4n) is 2.18. The van der Waals surface area contributed by atoms with Crippen molar-refractivity contribution in [1.29, 1.82) is 0 Å². The van der Waals surface area contributed by atoms with Crippen LogP contribution < -0.4 is 4.74 Å². The van der Waals surface area contributed by atoms with Crippen LogP contribution in [-0.4, -0.2) is 16.6 Å². The average molecular weight is 296 g/mol. The van der Waals surface area contributed by atoms with Crippen LogP contribution in [0.1, 0.15) is 33.6 Å². The Labute approximate surface area is 132 Å². The smallest absolute Gasteiger partial charge is 0.129 e. The molecule has 0 atom stereocenters. The molecule has 3 nitrogen and oxygen atoms in total. The van der Waals surface area contributed by atoms with Crippen molar-refractivity contribution in [2.24, 2.45) is 0 Å². The minimum absolute atomic E-state index is 0.585. The molecule has 3 heteroatoms. The highest BCUT2D eigenvalue weighted by Gasteiger charge is 2.06. The number of hydrogen-bond acceptors (Lipinski definition) is 2. The largest absolute Gasteiger partial charge is 0.489 e. The van der Waals surface area contributed by atoms with Crippen molar-refractivity contribution in [2.45, 2.75) is 33.6 Å². The molecule has 0 amide bonds. The summed E-state index contributed by atoms with van der Waals surface area (Å²) in [6, 6.07) is 7.99. The van der Waals surface area contributed by atoms with E-state index in [1.807, 2.05) is 30.5 Å². The summed E-state index contributed by atoms with van der Waals surface area (Å²) in [5, 5.41) is 0. The van der Waals surface area contributed by atoms with E-state index < -0.39 is 0 Å². The van der Waals surface area contributed by atoms with Gasteiger partial charge in [0.2, 0.25) is 0 Å². The Morgan fingerprint density at radius 3 is 2.73 bits per heavy atom. The molecule has 2 aromatic rings. The molecule has 0 aliphatic rings. The summed E-state index contributed by atoms with van der Waals surface area (Å²) in [5.74, 6) is 0.864. The molecule has 0 bridgehead atoms. The molecular formula is C19H24N2O. The molecule has 1 aromatic heterocycles. The van der Waals surface area contributed by atoms with Crippen LogP contribution in [0.15, 0.2) is 60.1 Å². The number of aromatic nitrogens is 2. The Kier molecular flexibility index (Phi) is 6.01.